The van der Waals surface area contributed by atoms with E-state index in [1.54, 1.807) is 10.7 Å². The fourth-order valence-electron chi connectivity index (χ4n) is 3.18. The summed E-state index contributed by atoms with van der Waals surface area (Å²) in [6.07, 6.45) is 1.58. The lowest BCUT2D eigenvalue weighted by atomic mass is 10.0. The molecule has 1 amide bonds. The van der Waals surface area contributed by atoms with Gasteiger partial charge in [0.2, 0.25) is 5.91 Å². The van der Waals surface area contributed by atoms with E-state index in [-0.39, 0.29) is 5.91 Å². The smallest absolute Gasteiger partial charge is 0.217 e. The molecule has 8 heteroatoms. The zero-order valence-corrected chi connectivity index (χ0v) is 17.1. The van der Waals surface area contributed by atoms with Crippen molar-refractivity contribution in [2.24, 2.45) is 0 Å². The molecule has 4 aromatic rings. The molecule has 0 atom stereocenters. The van der Waals surface area contributed by atoms with Crippen molar-refractivity contribution in [1.82, 2.24) is 19.9 Å². The van der Waals surface area contributed by atoms with Gasteiger partial charge in [0.15, 0.2) is 5.65 Å². The lowest BCUT2D eigenvalue weighted by molar-refractivity contribution is -0.119. The summed E-state index contributed by atoms with van der Waals surface area (Å²) >= 11 is 6.37. The maximum atomic E-state index is 11.2. The number of hydrogen-bond acceptors (Lipinski definition) is 4. The number of benzene rings is 2. The maximum absolute atomic E-state index is 11.2. The molecule has 2 heterocycles. The lowest BCUT2D eigenvalue weighted by Gasteiger charge is -2.12. The number of hydrogen-bond donors (Lipinski definition) is 2. The average molecular weight is 416 g/mol. The standard InChI is InChI=1S/C22H19BClN5O/c1-14(30)25-11-15-5-4-6-16(9-15)12-26-21-10-20(17-7-2-3-8-19(17)24)28-22-18(23)13-27-29(21)22/h2-10,13,26H,11-12H2,1H3,(H,25,30). The summed E-state index contributed by atoms with van der Waals surface area (Å²) in [6, 6.07) is 17.5. The monoisotopic (exact) mass is 415 g/mol. The van der Waals surface area contributed by atoms with Gasteiger partial charge in [-0.2, -0.15) is 9.61 Å². The Balaban J connectivity index is 1.64. The van der Waals surface area contributed by atoms with E-state index in [2.05, 4.69) is 20.7 Å². The Morgan fingerprint density at radius 3 is 2.63 bits per heavy atom. The Hall–Kier alpha value is -3.32. The fourth-order valence-corrected chi connectivity index (χ4v) is 3.41. The molecule has 2 N–H and O–H groups in total. The minimum absolute atomic E-state index is 0.0546. The summed E-state index contributed by atoms with van der Waals surface area (Å²) in [7, 11) is 6.07. The first-order chi connectivity index (χ1) is 14.5. The Bertz CT molecular complexity index is 1220. The van der Waals surface area contributed by atoms with Crippen LogP contribution in [0.5, 0.6) is 0 Å². The molecule has 0 spiro atoms. The largest absolute Gasteiger partial charge is 0.366 e. The van der Waals surface area contributed by atoms with Gasteiger partial charge in [-0.15, -0.1) is 0 Å². The third kappa shape index (κ3) is 4.31. The van der Waals surface area contributed by atoms with E-state index in [4.69, 9.17) is 19.4 Å². The number of rotatable bonds is 6. The molecule has 2 radical (unpaired) electrons. The summed E-state index contributed by atoms with van der Waals surface area (Å²) in [5, 5.41) is 11.2. The van der Waals surface area contributed by atoms with Gasteiger partial charge in [0, 0.05) is 42.9 Å². The van der Waals surface area contributed by atoms with Crippen LogP contribution in [0.25, 0.3) is 16.9 Å². The highest BCUT2D eigenvalue weighted by Gasteiger charge is 2.12. The van der Waals surface area contributed by atoms with Gasteiger partial charge in [0.25, 0.3) is 0 Å². The van der Waals surface area contributed by atoms with Crippen molar-refractivity contribution in [3.8, 4) is 11.3 Å². The second kappa shape index (κ2) is 8.59. The molecular weight excluding hydrogens is 397 g/mol. The van der Waals surface area contributed by atoms with Crippen molar-refractivity contribution < 1.29 is 4.79 Å². The summed E-state index contributed by atoms with van der Waals surface area (Å²) in [4.78, 5) is 15.8. The van der Waals surface area contributed by atoms with Crippen molar-refractivity contribution in [3.05, 3.63) is 76.9 Å². The van der Waals surface area contributed by atoms with E-state index in [0.717, 1.165) is 22.5 Å². The molecule has 0 fully saturated rings. The zero-order chi connectivity index (χ0) is 21.1. The van der Waals surface area contributed by atoms with Gasteiger partial charge in [-0.25, -0.2) is 4.98 Å². The molecule has 0 bridgehead atoms. The van der Waals surface area contributed by atoms with Gasteiger partial charge in [-0.3, -0.25) is 4.79 Å². The van der Waals surface area contributed by atoms with Gasteiger partial charge in [0.1, 0.15) is 13.7 Å². The lowest BCUT2D eigenvalue weighted by Crippen LogP contribution is -2.19. The minimum atomic E-state index is -0.0546. The average Bonchev–Trinajstić information content (AvgIpc) is 3.12. The molecular formula is C22H19BClN5O. The third-order valence-electron chi connectivity index (χ3n) is 4.66. The van der Waals surface area contributed by atoms with Crippen LogP contribution in [0.15, 0.2) is 60.8 Å². The van der Waals surface area contributed by atoms with E-state index >= 15 is 0 Å². The molecule has 30 heavy (non-hydrogen) atoms. The van der Waals surface area contributed by atoms with Crippen LogP contribution in [0, 0.1) is 0 Å². The first-order valence-corrected chi connectivity index (χ1v) is 9.84. The normalized spacial score (nSPS) is 10.9. The number of amides is 1. The highest BCUT2D eigenvalue weighted by Crippen LogP contribution is 2.28. The number of fused-ring (bicyclic) bond motifs is 1. The predicted octanol–water partition coefficient (Wildman–Crippen LogP) is 3.09. The predicted molar refractivity (Wildman–Crippen MR) is 120 cm³/mol. The summed E-state index contributed by atoms with van der Waals surface area (Å²) in [6.45, 7) is 2.57. The van der Waals surface area contributed by atoms with Crippen molar-refractivity contribution in [2.75, 3.05) is 5.32 Å². The van der Waals surface area contributed by atoms with Crippen molar-refractivity contribution in [2.45, 2.75) is 20.0 Å². The highest BCUT2D eigenvalue weighted by atomic mass is 35.5. The molecule has 0 saturated carbocycles. The SMILES string of the molecule is [B]c1cnn2c(NCc3cccc(CNC(C)=O)c3)cc(-c3ccccc3Cl)nc12. The summed E-state index contributed by atoms with van der Waals surface area (Å²) < 4.78 is 1.68. The first kappa shape index (κ1) is 20.0. The van der Waals surface area contributed by atoms with Gasteiger partial charge >= 0.3 is 0 Å². The fraction of sp³-hybridized carbons (Fsp3) is 0.136. The van der Waals surface area contributed by atoms with Crippen LogP contribution in [0.3, 0.4) is 0 Å². The van der Waals surface area contributed by atoms with Crippen LogP contribution in [0.1, 0.15) is 18.1 Å². The van der Waals surface area contributed by atoms with Crippen molar-refractivity contribution >= 4 is 42.3 Å². The van der Waals surface area contributed by atoms with E-state index < -0.39 is 0 Å². The topological polar surface area (TPSA) is 71.3 Å². The Labute approximate surface area is 180 Å². The molecule has 0 aliphatic carbocycles. The summed E-state index contributed by atoms with van der Waals surface area (Å²) in [5.41, 5.74) is 4.69. The second-order valence-corrected chi connectivity index (χ2v) is 7.33. The van der Waals surface area contributed by atoms with Crippen LogP contribution in [-0.4, -0.2) is 28.4 Å². The number of carbonyl (C=O) groups is 1. The molecule has 2 aromatic carbocycles. The van der Waals surface area contributed by atoms with E-state index in [1.165, 1.54) is 6.92 Å². The van der Waals surface area contributed by atoms with Gasteiger partial charge in [0.05, 0.1) is 5.69 Å². The van der Waals surface area contributed by atoms with Crippen LogP contribution in [-0.2, 0) is 17.9 Å². The van der Waals surface area contributed by atoms with E-state index in [9.17, 15) is 4.79 Å². The number of nitrogens with zero attached hydrogens (tertiary/aromatic N) is 3. The van der Waals surface area contributed by atoms with Crippen LogP contribution in [0.2, 0.25) is 5.02 Å². The Kier molecular flexibility index (Phi) is 5.72. The molecule has 0 saturated heterocycles. The molecule has 0 aliphatic rings. The number of anilines is 1. The number of nitrogens with one attached hydrogen (secondary N) is 2. The second-order valence-electron chi connectivity index (χ2n) is 6.93. The molecule has 2 aromatic heterocycles. The van der Waals surface area contributed by atoms with Gasteiger partial charge in [-0.1, -0.05) is 54.1 Å². The Morgan fingerprint density at radius 1 is 1.10 bits per heavy atom. The number of halogens is 1. The Morgan fingerprint density at radius 2 is 1.87 bits per heavy atom. The number of aromatic nitrogens is 3. The van der Waals surface area contributed by atoms with Crippen LogP contribution < -0.4 is 16.1 Å². The van der Waals surface area contributed by atoms with Crippen molar-refractivity contribution in [3.63, 3.8) is 0 Å². The number of carbonyl (C=O) groups excluding carboxylic acids is 1. The maximum Gasteiger partial charge on any atom is 0.217 e. The van der Waals surface area contributed by atoms with Crippen LogP contribution >= 0.6 is 11.6 Å². The van der Waals surface area contributed by atoms with Crippen LogP contribution in [0.4, 0.5) is 5.82 Å². The first-order valence-electron chi connectivity index (χ1n) is 9.46. The highest BCUT2D eigenvalue weighted by molar-refractivity contribution is 6.36. The molecule has 148 valence electrons. The molecule has 6 nitrogen and oxygen atoms in total. The molecule has 0 aliphatic heterocycles. The van der Waals surface area contributed by atoms with Gasteiger partial charge in [-0.05, 0) is 22.7 Å². The molecule has 0 unspecified atom stereocenters. The van der Waals surface area contributed by atoms with Crippen molar-refractivity contribution in [1.29, 1.82) is 0 Å². The third-order valence-corrected chi connectivity index (χ3v) is 4.98. The quantitative estimate of drug-likeness (QED) is 0.475. The zero-order valence-electron chi connectivity index (χ0n) is 16.4. The minimum Gasteiger partial charge on any atom is -0.366 e. The molecule has 4 rings (SSSR count). The van der Waals surface area contributed by atoms with Gasteiger partial charge < -0.3 is 10.6 Å². The summed E-state index contributed by atoms with van der Waals surface area (Å²) in [5.74, 6) is 0.694. The van der Waals surface area contributed by atoms with E-state index in [0.29, 0.717) is 34.9 Å². The van der Waals surface area contributed by atoms with E-state index in [1.807, 2.05) is 54.6 Å².